The molecule has 2 aromatic rings. The number of hydrogen-bond donors (Lipinski definition) is 0. The Morgan fingerprint density at radius 2 is 2.21 bits per heavy atom. The lowest BCUT2D eigenvalue weighted by Crippen LogP contribution is -1.83. The van der Waals surface area contributed by atoms with Gasteiger partial charge >= 0.3 is 0 Å². The van der Waals surface area contributed by atoms with Crippen molar-refractivity contribution < 1.29 is 4.74 Å². The lowest BCUT2D eigenvalue weighted by atomic mass is 10.2. The van der Waals surface area contributed by atoms with Crippen molar-refractivity contribution in [3.05, 3.63) is 27.5 Å². The second kappa shape index (κ2) is 4.21. The molecule has 4 heteroatoms. The van der Waals surface area contributed by atoms with Gasteiger partial charge in [-0.1, -0.05) is 15.9 Å². The topological polar surface area (TPSA) is 9.23 Å². The first kappa shape index (κ1) is 10.5. The van der Waals surface area contributed by atoms with Gasteiger partial charge in [-0.2, -0.15) is 0 Å². The number of methoxy groups -OCH3 is 1. The molecule has 0 unspecified atom stereocenters. The largest absolute Gasteiger partial charge is 0.495 e. The van der Waals surface area contributed by atoms with E-state index < -0.39 is 0 Å². The van der Waals surface area contributed by atoms with Crippen molar-refractivity contribution in [2.75, 3.05) is 7.11 Å². The van der Waals surface area contributed by atoms with Gasteiger partial charge < -0.3 is 4.74 Å². The van der Waals surface area contributed by atoms with Crippen LogP contribution in [0.3, 0.4) is 0 Å². The average Bonchev–Trinajstić information content (AvgIpc) is 2.60. The van der Waals surface area contributed by atoms with Crippen molar-refractivity contribution in [3.8, 4) is 5.75 Å². The van der Waals surface area contributed by atoms with E-state index in [2.05, 4.69) is 44.0 Å². The van der Waals surface area contributed by atoms with Gasteiger partial charge in [-0.15, -0.1) is 11.3 Å². The van der Waals surface area contributed by atoms with Crippen molar-refractivity contribution in [1.29, 1.82) is 0 Å². The zero-order valence-electron chi connectivity index (χ0n) is 7.51. The Hall–Kier alpha value is -0.0600. The molecule has 0 N–H and O–H groups in total. The van der Waals surface area contributed by atoms with Gasteiger partial charge in [-0.05, 0) is 34.1 Å². The minimum atomic E-state index is 0.896. The molecule has 2 rings (SSSR count). The Kier molecular flexibility index (Phi) is 3.14. The highest BCUT2D eigenvalue weighted by atomic mass is 79.9. The first-order valence-electron chi connectivity index (χ1n) is 4.07. The molecule has 1 aromatic heterocycles. The lowest BCUT2D eigenvalue weighted by Gasteiger charge is -2.03. The number of alkyl halides is 1. The van der Waals surface area contributed by atoms with E-state index in [0.29, 0.717) is 0 Å². The van der Waals surface area contributed by atoms with Gasteiger partial charge in [0.25, 0.3) is 0 Å². The van der Waals surface area contributed by atoms with E-state index in [0.717, 1.165) is 15.6 Å². The smallest absolute Gasteiger partial charge is 0.141 e. The highest BCUT2D eigenvalue weighted by Gasteiger charge is 2.09. The molecular formula is C10H8Br2OS. The van der Waals surface area contributed by atoms with Gasteiger partial charge in [0.05, 0.1) is 11.6 Å². The first-order valence-corrected chi connectivity index (χ1v) is 6.80. The predicted octanol–water partition coefficient (Wildman–Crippen LogP) is 4.57. The molecule has 0 bridgehead atoms. The van der Waals surface area contributed by atoms with Crippen LogP contribution in [0.5, 0.6) is 5.75 Å². The first-order chi connectivity index (χ1) is 6.76. The molecule has 0 aliphatic carbocycles. The molecular weight excluding hydrogens is 328 g/mol. The minimum Gasteiger partial charge on any atom is -0.495 e. The van der Waals surface area contributed by atoms with Gasteiger partial charge in [0.15, 0.2) is 0 Å². The van der Waals surface area contributed by atoms with Crippen LogP contribution in [0.1, 0.15) is 4.88 Å². The molecule has 74 valence electrons. The molecule has 0 atom stereocenters. The van der Waals surface area contributed by atoms with Gasteiger partial charge in [0.2, 0.25) is 0 Å². The number of thiophene rings is 1. The van der Waals surface area contributed by atoms with Gasteiger partial charge in [0, 0.05) is 20.3 Å². The summed E-state index contributed by atoms with van der Waals surface area (Å²) in [5.41, 5.74) is 0. The van der Waals surface area contributed by atoms with Crippen molar-refractivity contribution in [1.82, 2.24) is 0 Å². The molecule has 0 fully saturated rings. The van der Waals surface area contributed by atoms with Gasteiger partial charge in [-0.25, -0.2) is 0 Å². The lowest BCUT2D eigenvalue weighted by molar-refractivity contribution is 0.417. The molecule has 1 heterocycles. The fraction of sp³-hybridized carbons (Fsp3) is 0.200. The molecule has 0 aliphatic rings. The highest BCUT2D eigenvalue weighted by Crippen LogP contribution is 2.38. The summed E-state index contributed by atoms with van der Waals surface area (Å²) in [6, 6.07) is 6.30. The quantitative estimate of drug-likeness (QED) is 0.730. The normalized spacial score (nSPS) is 10.8. The maximum Gasteiger partial charge on any atom is 0.141 e. The monoisotopic (exact) mass is 334 g/mol. The van der Waals surface area contributed by atoms with E-state index in [-0.39, 0.29) is 0 Å². The third-order valence-electron chi connectivity index (χ3n) is 1.99. The molecule has 0 amide bonds. The zero-order valence-corrected chi connectivity index (χ0v) is 11.5. The summed E-state index contributed by atoms with van der Waals surface area (Å²) in [6.45, 7) is 0. The van der Waals surface area contributed by atoms with Crippen LogP contribution in [0.25, 0.3) is 10.1 Å². The van der Waals surface area contributed by atoms with Crippen LogP contribution in [0.2, 0.25) is 0 Å². The summed E-state index contributed by atoms with van der Waals surface area (Å²) in [5.74, 6) is 0.922. The summed E-state index contributed by atoms with van der Waals surface area (Å²) >= 11 is 8.72. The molecule has 0 saturated heterocycles. The molecule has 14 heavy (non-hydrogen) atoms. The van der Waals surface area contributed by atoms with Crippen LogP contribution in [0.4, 0.5) is 0 Å². The van der Waals surface area contributed by atoms with Crippen molar-refractivity contribution in [2.24, 2.45) is 0 Å². The number of rotatable bonds is 2. The predicted molar refractivity (Wildman–Crippen MR) is 68.7 cm³/mol. The maximum absolute atomic E-state index is 5.36. The Bertz CT molecular complexity index is 464. The van der Waals surface area contributed by atoms with E-state index in [4.69, 9.17) is 4.74 Å². The van der Waals surface area contributed by atoms with Crippen LogP contribution in [0.15, 0.2) is 22.7 Å². The molecule has 1 aromatic carbocycles. The summed E-state index contributed by atoms with van der Waals surface area (Å²) < 4.78 is 7.63. The van der Waals surface area contributed by atoms with E-state index in [9.17, 15) is 0 Å². The Morgan fingerprint density at radius 3 is 2.86 bits per heavy atom. The van der Waals surface area contributed by atoms with Gasteiger partial charge in [0.1, 0.15) is 5.75 Å². The van der Waals surface area contributed by atoms with E-state index in [1.165, 1.54) is 15.0 Å². The fourth-order valence-corrected chi connectivity index (χ4v) is 3.31. The maximum atomic E-state index is 5.36. The second-order valence-electron chi connectivity index (χ2n) is 2.84. The second-order valence-corrected chi connectivity index (χ2v) is 5.42. The zero-order chi connectivity index (χ0) is 10.1. The van der Waals surface area contributed by atoms with Crippen LogP contribution in [-0.2, 0) is 5.33 Å². The summed E-state index contributed by atoms with van der Waals surface area (Å²) in [6.07, 6.45) is 0. The third-order valence-corrected chi connectivity index (χ3v) is 4.69. The van der Waals surface area contributed by atoms with E-state index in [1.54, 1.807) is 18.4 Å². The highest BCUT2D eigenvalue weighted by molar-refractivity contribution is 9.10. The molecule has 0 aliphatic heterocycles. The van der Waals surface area contributed by atoms with Crippen molar-refractivity contribution >= 4 is 53.3 Å². The fourth-order valence-electron chi connectivity index (χ4n) is 1.39. The molecule has 0 saturated carbocycles. The summed E-state index contributed by atoms with van der Waals surface area (Å²) in [7, 11) is 1.70. The number of halogens is 2. The van der Waals surface area contributed by atoms with Crippen molar-refractivity contribution in [3.63, 3.8) is 0 Å². The number of ether oxygens (including phenoxy) is 1. The Morgan fingerprint density at radius 1 is 1.43 bits per heavy atom. The van der Waals surface area contributed by atoms with E-state index >= 15 is 0 Å². The molecule has 1 nitrogen and oxygen atoms in total. The van der Waals surface area contributed by atoms with E-state index in [1.807, 2.05) is 6.07 Å². The Balaban J connectivity index is 2.73. The number of fused-ring (bicyclic) bond motifs is 1. The standard InChI is InChI=1S/C10H8Br2OS/c1-13-10-7-4-6(5-11)14-9(7)3-2-8(10)12/h2-4H,5H2,1H3. The number of benzene rings is 1. The van der Waals surface area contributed by atoms with Gasteiger partial charge in [-0.3, -0.25) is 0 Å². The molecule has 0 radical (unpaired) electrons. The van der Waals surface area contributed by atoms with Crippen LogP contribution in [-0.4, -0.2) is 7.11 Å². The minimum absolute atomic E-state index is 0.896. The van der Waals surface area contributed by atoms with Crippen LogP contribution >= 0.6 is 43.2 Å². The Labute approximate surface area is 103 Å². The molecule has 0 spiro atoms. The van der Waals surface area contributed by atoms with Crippen LogP contribution in [0, 0.1) is 0 Å². The SMILES string of the molecule is COc1c(Br)ccc2sc(CBr)cc12. The third kappa shape index (κ3) is 1.71. The van der Waals surface area contributed by atoms with Crippen molar-refractivity contribution in [2.45, 2.75) is 5.33 Å². The summed E-state index contributed by atoms with van der Waals surface area (Å²) in [5, 5.41) is 2.08. The summed E-state index contributed by atoms with van der Waals surface area (Å²) in [4.78, 5) is 1.32. The number of hydrogen-bond acceptors (Lipinski definition) is 2. The average molecular weight is 336 g/mol. The van der Waals surface area contributed by atoms with Crippen LogP contribution < -0.4 is 4.74 Å².